The van der Waals surface area contributed by atoms with Crippen molar-refractivity contribution in [3.05, 3.63) is 17.5 Å². The van der Waals surface area contributed by atoms with Gasteiger partial charge in [-0.15, -0.1) is 24.8 Å². The van der Waals surface area contributed by atoms with Crippen LogP contribution in [0.1, 0.15) is 11.3 Å². The van der Waals surface area contributed by atoms with Gasteiger partial charge in [-0.05, 0) is 14.0 Å². The molecule has 3 nitrogen and oxygen atoms in total. The highest BCUT2D eigenvalue weighted by Gasteiger charge is 1.95. The van der Waals surface area contributed by atoms with Crippen molar-refractivity contribution in [2.75, 3.05) is 7.05 Å². The minimum Gasteiger partial charge on any atom is -0.316 e. The summed E-state index contributed by atoms with van der Waals surface area (Å²) in [5, 5.41) is 9.79. The van der Waals surface area contributed by atoms with Crippen LogP contribution in [0.4, 0.5) is 0 Å². The molecule has 0 aliphatic rings. The first-order valence-electron chi connectivity index (χ1n) is 2.98. The molecule has 1 rings (SSSR count). The first-order valence-corrected chi connectivity index (χ1v) is 2.98. The molecule has 0 aromatic carbocycles. The van der Waals surface area contributed by atoms with E-state index in [1.807, 2.05) is 20.2 Å². The maximum atomic E-state index is 3.88. The van der Waals surface area contributed by atoms with Crippen molar-refractivity contribution >= 4 is 24.8 Å². The molecule has 0 radical (unpaired) electrons. The van der Waals surface area contributed by atoms with E-state index >= 15 is 0 Å². The minimum atomic E-state index is 0. The molecule has 0 bridgehead atoms. The second-order valence-electron chi connectivity index (χ2n) is 2.05. The minimum absolute atomic E-state index is 0. The Labute approximate surface area is 78.8 Å². The monoisotopic (exact) mass is 197 g/mol. The van der Waals surface area contributed by atoms with E-state index in [1.165, 1.54) is 5.56 Å². The zero-order valence-electron chi connectivity index (χ0n) is 6.55. The molecule has 66 valence electrons. The molecule has 0 unspecified atom stereocenters. The van der Waals surface area contributed by atoms with Crippen LogP contribution in [0.15, 0.2) is 6.20 Å². The Balaban J connectivity index is 0. The Morgan fingerprint density at radius 3 is 2.55 bits per heavy atom. The molecular formula is C6H13Cl2N3. The van der Waals surface area contributed by atoms with Crippen molar-refractivity contribution in [1.29, 1.82) is 0 Å². The van der Waals surface area contributed by atoms with E-state index in [0.717, 1.165) is 12.2 Å². The van der Waals surface area contributed by atoms with E-state index in [2.05, 4.69) is 15.5 Å². The Morgan fingerprint density at radius 2 is 2.18 bits per heavy atom. The van der Waals surface area contributed by atoms with Gasteiger partial charge >= 0.3 is 0 Å². The highest BCUT2D eigenvalue weighted by Crippen LogP contribution is 1.99. The summed E-state index contributed by atoms with van der Waals surface area (Å²) in [5.41, 5.74) is 2.38. The zero-order valence-corrected chi connectivity index (χ0v) is 8.18. The Kier molecular flexibility index (Phi) is 7.84. The number of aromatic amines is 1. The normalized spacial score (nSPS) is 8.18. The van der Waals surface area contributed by atoms with Gasteiger partial charge in [-0.2, -0.15) is 5.10 Å². The third-order valence-corrected chi connectivity index (χ3v) is 1.30. The fraction of sp³-hybridized carbons (Fsp3) is 0.500. The lowest BCUT2D eigenvalue weighted by Gasteiger charge is -1.93. The van der Waals surface area contributed by atoms with Crippen LogP contribution in [0.2, 0.25) is 0 Å². The molecule has 0 saturated heterocycles. The number of rotatable bonds is 2. The van der Waals surface area contributed by atoms with Crippen LogP contribution in [0.5, 0.6) is 0 Å². The van der Waals surface area contributed by atoms with Gasteiger partial charge in [-0.25, -0.2) is 0 Å². The fourth-order valence-electron chi connectivity index (χ4n) is 0.744. The quantitative estimate of drug-likeness (QED) is 0.751. The molecule has 2 N–H and O–H groups in total. The van der Waals surface area contributed by atoms with E-state index < -0.39 is 0 Å². The summed E-state index contributed by atoms with van der Waals surface area (Å²) in [6, 6.07) is 0. The number of nitrogens with one attached hydrogen (secondary N) is 2. The van der Waals surface area contributed by atoms with Gasteiger partial charge in [-0.1, -0.05) is 0 Å². The molecule has 1 aromatic heterocycles. The van der Waals surface area contributed by atoms with Gasteiger partial charge < -0.3 is 5.32 Å². The topological polar surface area (TPSA) is 40.7 Å². The summed E-state index contributed by atoms with van der Waals surface area (Å²) < 4.78 is 0. The summed E-state index contributed by atoms with van der Waals surface area (Å²) >= 11 is 0. The molecule has 0 saturated carbocycles. The number of aromatic nitrogens is 2. The maximum Gasteiger partial charge on any atom is 0.0535 e. The predicted octanol–water partition coefficient (Wildman–Crippen LogP) is 1.28. The molecule has 0 amide bonds. The average Bonchev–Trinajstić information content (AvgIpc) is 2.18. The van der Waals surface area contributed by atoms with Gasteiger partial charge in [0.15, 0.2) is 0 Å². The number of hydrogen-bond acceptors (Lipinski definition) is 2. The highest BCUT2D eigenvalue weighted by molar-refractivity contribution is 5.85. The number of H-pyrrole nitrogens is 1. The van der Waals surface area contributed by atoms with Crippen LogP contribution in [-0.2, 0) is 6.54 Å². The van der Waals surface area contributed by atoms with Crippen LogP contribution >= 0.6 is 24.8 Å². The lowest BCUT2D eigenvalue weighted by Crippen LogP contribution is -2.04. The van der Waals surface area contributed by atoms with Crippen molar-refractivity contribution in [1.82, 2.24) is 15.5 Å². The molecular weight excluding hydrogens is 185 g/mol. The van der Waals surface area contributed by atoms with E-state index in [-0.39, 0.29) is 24.8 Å². The second kappa shape index (κ2) is 6.46. The lowest BCUT2D eigenvalue weighted by molar-refractivity contribution is 0.812. The molecule has 1 aromatic rings. The van der Waals surface area contributed by atoms with Gasteiger partial charge in [0.1, 0.15) is 0 Å². The summed E-state index contributed by atoms with van der Waals surface area (Å²) in [6.07, 6.45) is 1.84. The average molecular weight is 198 g/mol. The summed E-state index contributed by atoms with van der Waals surface area (Å²) in [5.74, 6) is 0. The van der Waals surface area contributed by atoms with Gasteiger partial charge in [0, 0.05) is 17.8 Å². The molecule has 0 aliphatic carbocycles. The molecule has 11 heavy (non-hydrogen) atoms. The molecule has 0 fully saturated rings. The summed E-state index contributed by atoms with van der Waals surface area (Å²) in [4.78, 5) is 0. The van der Waals surface area contributed by atoms with Crippen molar-refractivity contribution in [3.8, 4) is 0 Å². The number of nitrogens with zero attached hydrogens (tertiary/aromatic N) is 1. The van der Waals surface area contributed by atoms with E-state index in [9.17, 15) is 0 Å². The lowest BCUT2D eigenvalue weighted by atomic mass is 10.3. The Morgan fingerprint density at radius 1 is 1.55 bits per heavy atom. The SMILES string of the molecule is CNCc1cn[nH]c1C.Cl.Cl. The first-order chi connectivity index (χ1) is 4.34. The van der Waals surface area contributed by atoms with E-state index in [0.29, 0.717) is 0 Å². The van der Waals surface area contributed by atoms with Crippen LogP contribution < -0.4 is 5.32 Å². The molecule has 5 heteroatoms. The number of aryl methyl sites for hydroxylation is 1. The summed E-state index contributed by atoms with van der Waals surface area (Å²) in [7, 11) is 1.92. The standard InChI is InChI=1S/C6H11N3.2ClH/c1-5-6(3-7-2)4-8-9-5;;/h4,7H,3H2,1-2H3,(H,8,9);2*1H. The van der Waals surface area contributed by atoms with E-state index in [1.54, 1.807) is 0 Å². The molecule has 0 atom stereocenters. The zero-order chi connectivity index (χ0) is 6.69. The third kappa shape index (κ3) is 3.60. The van der Waals surface area contributed by atoms with Crippen molar-refractivity contribution in [2.24, 2.45) is 0 Å². The highest BCUT2D eigenvalue weighted by atomic mass is 35.5. The summed E-state index contributed by atoms with van der Waals surface area (Å²) in [6.45, 7) is 2.90. The molecule has 0 spiro atoms. The fourth-order valence-corrected chi connectivity index (χ4v) is 0.744. The predicted molar refractivity (Wildman–Crippen MR) is 50.6 cm³/mol. The Hall–Kier alpha value is -0.250. The van der Waals surface area contributed by atoms with Crippen LogP contribution in [0, 0.1) is 6.92 Å². The van der Waals surface area contributed by atoms with Crippen molar-refractivity contribution in [3.63, 3.8) is 0 Å². The largest absolute Gasteiger partial charge is 0.316 e. The molecule has 0 aliphatic heterocycles. The smallest absolute Gasteiger partial charge is 0.0535 e. The Bertz CT molecular complexity index is 188. The van der Waals surface area contributed by atoms with Gasteiger partial charge in [-0.3, -0.25) is 5.10 Å². The molecule has 1 heterocycles. The van der Waals surface area contributed by atoms with Gasteiger partial charge in [0.2, 0.25) is 0 Å². The third-order valence-electron chi connectivity index (χ3n) is 1.30. The van der Waals surface area contributed by atoms with E-state index in [4.69, 9.17) is 0 Å². The van der Waals surface area contributed by atoms with Crippen LogP contribution in [0.25, 0.3) is 0 Å². The number of hydrogen-bond donors (Lipinski definition) is 2. The van der Waals surface area contributed by atoms with Gasteiger partial charge in [0.25, 0.3) is 0 Å². The second-order valence-corrected chi connectivity index (χ2v) is 2.05. The first kappa shape index (κ1) is 13.3. The van der Waals surface area contributed by atoms with Crippen LogP contribution in [-0.4, -0.2) is 17.2 Å². The van der Waals surface area contributed by atoms with Gasteiger partial charge in [0.05, 0.1) is 6.20 Å². The maximum absolute atomic E-state index is 3.88. The van der Waals surface area contributed by atoms with Crippen molar-refractivity contribution < 1.29 is 0 Å². The van der Waals surface area contributed by atoms with Crippen LogP contribution in [0.3, 0.4) is 0 Å². The van der Waals surface area contributed by atoms with Crippen molar-refractivity contribution in [2.45, 2.75) is 13.5 Å². The number of halogens is 2.